The van der Waals surface area contributed by atoms with E-state index >= 15 is 0 Å². The second-order valence-corrected chi connectivity index (χ2v) is 16.3. The van der Waals surface area contributed by atoms with Gasteiger partial charge in [0.25, 0.3) is 0 Å². The third kappa shape index (κ3) is 5.66. The first kappa shape index (κ1) is 34.8. The van der Waals surface area contributed by atoms with E-state index in [1.807, 2.05) is 0 Å². The minimum atomic E-state index is 0.957. The number of hydrogen-bond donors (Lipinski definition) is 0. The summed E-state index contributed by atoms with van der Waals surface area (Å²) < 4.78 is 7.06. The smallest absolute Gasteiger partial charge is 0.0497 e. The van der Waals surface area contributed by atoms with Crippen LogP contribution < -0.4 is 0 Å². The number of nitrogens with zero attached hydrogens (tertiary/aromatic N) is 2. The highest BCUT2D eigenvalue weighted by Gasteiger charge is 2.16. The summed E-state index contributed by atoms with van der Waals surface area (Å²) in [5.74, 6) is 0. The van der Waals surface area contributed by atoms with Crippen molar-refractivity contribution in [2.24, 2.45) is 0 Å². The second kappa shape index (κ2) is 14.1. The molecule has 2 heterocycles. The van der Waals surface area contributed by atoms with E-state index in [1.165, 1.54) is 98.2 Å². The highest BCUT2D eigenvalue weighted by atomic mass is 79.9. The molecule has 0 saturated carbocycles. The zero-order valence-corrected chi connectivity index (χ0v) is 34.4. The molecule has 0 atom stereocenters. The van der Waals surface area contributed by atoms with Gasteiger partial charge in [0, 0.05) is 65.6 Å². The highest BCUT2D eigenvalue weighted by molar-refractivity contribution is 9.10. The molecule has 56 heavy (non-hydrogen) atoms. The first-order valence-corrected chi connectivity index (χ1v) is 20.9. The van der Waals surface area contributed by atoms with Crippen molar-refractivity contribution in [3.63, 3.8) is 0 Å². The number of aromatic nitrogens is 2. The predicted molar refractivity (Wildman–Crippen MR) is 249 cm³/mol. The molecule has 0 aliphatic rings. The van der Waals surface area contributed by atoms with Gasteiger partial charge in [-0.05, 0) is 129 Å². The van der Waals surface area contributed by atoms with Crippen molar-refractivity contribution < 1.29 is 0 Å². The van der Waals surface area contributed by atoms with Crippen molar-refractivity contribution in [2.45, 2.75) is 26.9 Å². The average Bonchev–Trinajstić information content (AvgIpc) is 3.73. The number of fused-ring (bicyclic) bond motifs is 12. The standard InChI is InChI=1S/C26H18BrN.C26H20BrN/c1-2-28-25-12-11-16(27)13-23(25)24-14-21-19-9-5-3-7-17(19)18-8-4-6-10-20(18)22(21)15-26(24)28;1-2-28-25-14-12-19(16-23(25)24-17-20(27)13-15-26(24)28)22-11-7-6-10-21(22)18-8-4-3-5-9-18/h3-15H,2H2,1H3;3-17H,2H2,1H3. The van der Waals surface area contributed by atoms with Gasteiger partial charge in [0.2, 0.25) is 0 Å². The van der Waals surface area contributed by atoms with Crippen LogP contribution in [0.25, 0.3) is 98.2 Å². The molecule has 4 heteroatoms. The van der Waals surface area contributed by atoms with Gasteiger partial charge in [-0.2, -0.15) is 0 Å². The van der Waals surface area contributed by atoms with Crippen molar-refractivity contribution in [3.8, 4) is 22.3 Å². The van der Waals surface area contributed by atoms with Crippen LogP contribution in [0.15, 0.2) is 179 Å². The zero-order chi connectivity index (χ0) is 37.9. The van der Waals surface area contributed by atoms with Crippen LogP contribution >= 0.6 is 31.9 Å². The summed E-state index contributed by atoms with van der Waals surface area (Å²) in [5.41, 5.74) is 10.2. The van der Waals surface area contributed by atoms with E-state index in [9.17, 15) is 0 Å². The Morgan fingerprint density at radius 3 is 1.29 bits per heavy atom. The molecule has 2 nitrogen and oxygen atoms in total. The molecule has 11 aromatic rings. The van der Waals surface area contributed by atoms with Crippen molar-refractivity contribution in [3.05, 3.63) is 179 Å². The summed E-state index contributed by atoms with van der Waals surface area (Å²) in [4.78, 5) is 0. The molecule has 0 radical (unpaired) electrons. The van der Waals surface area contributed by atoms with E-state index in [0.29, 0.717) is 0 Å². The van der Waals surface area contributed by atoms with E-state index < -0.39 is 0 Å². The Balaban J connectivity index is 0.000000137. The Morgan fingerprint density at radius 1 is 0.321 bits per heavy atom. The van der Waals surface area contributed by atoms with Gasteiger partial charge in [0.15, 0.2) is 0 Å². The first-order valence-electron chi connectivity index (χ1n) is 19.3. The molecular formula is C52H38Br2N2. The van der Waals surface area contributed by atoms with Crippen molar-refractivity contribution in [1.29, 1.82) is 0 Å². The van der Waals surface area contributed by atoms with Crippen LogP contribution in [-0.2, 0) is 13.1 Å². The summed E-state index contributed by atoms with van der Waals surface area (Å²) in [6.07, 6.45) is 0. The molecule has 0 unspecified atom stereocenters. The minimum absolute atomic E-state index is 0.957. The third-order valence-corrected chi connectivity index (χ3v) is 12.5. The van der Waals surface area contributed by atoms with Crippen LogP contribution in [0.5, 0.6) is 0 Å². The fourth-order valence-corrected chi connectivity index (χ4v) is 9.72. The summed E-state index contributed by atoms with van der Waals surface area (Å²) in [6.45, 7) is 6.35. The van der Waals surface area contributed by atoms with Crippen LogP contribution in [0.3, 0.4) is 0 Å². The van der Waals surface area contributed by atoms with E-state index in [0.717, 1.165) is 22.0 Å². The second-order valence-electron chi connectivity index (χ2n) is 14.5. The molecule has 0 amide bonds. The molecule has 0 fully saturated rings. The Labute approximate surface area is 342 Å². The summed E-state index contributed by atoms with van der Waals surface area (Å²) in [7, 11) is 0. The fourth-order valence-electron chi connectivity index (χ4n) is 9.00. The molecule has 270 valence electrons. The van der Waals surface area contributed by atoms with E-state index in [1.54, 1.807) is 0 Å². The lowest BCUT2D eigenvalue weighted by atomic mass is 9.93. The normalized spacial score (nSPS) is 11.7. The Hall–Kier alpha value is -5.68. The molecule has 0 spiro atoms. The number of halogens is 2. The maximum atomic E-state index is 3.66. The molecule has 2 aromatic heterocycles. The third-order valence-electron chi connectivity index (χ3n) is 11.5. The number of aryl methyl sites for hydroxylation is 2. The van der Waals surface area contributed by atoms with Gasteiger partial charge in [-0.15, -0.1) is 0 Å². The molecule has 0 aliphatic carbocycles. The lowest BCUT2D eigenvalue weighted by molar-refractivity contribution is 0.827. The monoisotopic (exact) mass is 848 g/mol. The Morgan fingerprint density at radius 2 is 0.732 bits per heavy atom. The van der Waals surface area contributed by atoms with Gasteiger partial charge in [-0.25, -0.2) is 0 Å². The lowest BCUT2D eigenvalue weighted by Gasteiger charge is -2.11. The molecule has 9 aromatic carbocycles. The number of hydrogen-bond acceptors (Lipinski definition) is 0. The maximum Gasteiger partial charge on any atom is 0.0497 e. The van der Waals surface area contributed by atoms with Crippen LogP contribution in [0, 0.1) is 0 Å². The lowest BCUT2D eigenvalue weighted by Crippen LogP contribution is -1.93. The quantitative estimate of drug-likeness (QED) is 0.156. The van der Waals surface area contributed by atoms with Crippen LogP contribution in [0.2, 0.25) is 0 Å². The van der Waals surface area contributed by atoms with Crippen LogP contribution in [0.1, 0.15) is 13.8 Å². The van der Waals surface area contributed by atoms with E-state index in [2.05, 4.69) is 225 Å². The Kier molecular flexibility index (Phi) is 8.77. The fraction of sp³-hybridized carbons (Fsp3) is 0.0769. The summed E-state index contributed by atoms with van der Waals surface area (Å²) >= 11 is 7.31. The van der Waals surface area contributed by atoms with E-state index in [-0.39, 0.29) is 0 Å². The number of benzene rings is 9. The van der Waals surface area contributed by atoms with Crippen molar-refractivity contribution >= 4 is 108 Å². The predicted octanol–water partition coefficient (Wildman–Crippen LogP) is 15.9. The van der Waals surface area contributed by atoms with E-state index in [4.69, 9.17) is 0 Å². The molecule has 0 saturated heterocycles. The van der Waals surface area contributed by atoms with Gasteiger partial charge in [0.05, 0.1) is 0 Å². The van der Waals surface area contributed by atoms with Crippen LogP contribution in [0.4, 0.5) is 0 Å². The van der Waals surface area contributed by atoms with Gasteiger partial charge in [0.1, 0.15) is 0 Å². The first-order chi connectivity index (χ1) is 27.5. The van der Waals surface area contributed by atoms with Gasteiger partial charge < -0.3 is 9.13 Å². The SMILES string of the molecule is CCn1c2ccc(Br)cc2c2cc(-c3ccccc3-c3ccccc3)ccc21.CCn1c2ccc(Br)cc2c2cc3c4ccccc4c4ccccc4c3cc21. The summed E-state index contributed by atoms with van der Waals surface area (Å²) in [6, 6.07) is 61.7. The van der Waals surface area contributed by atoms with Gasteiger partial charge in [-0.3, -0.25) is 0 Å². The topological polar surface area (TPSA) is 9.86 Å². The highest BCUT2D eigenvalue weighted by Crippen LogP contribution is 2.41. The Bertz CT molecular complexity index is 3300. The largest absolute Gasteiger partial charge is 0.341 e. The number of rotatable bonds is 4. The zero-order valence-electron chi connectivity index (χ0n) is 31.2. The molecule has 0 aliphatic heterocycles. The average molecular weight is 851 g/mol. The van der Waals surface area contributed by atoms with Crippen molar-refractivity contribution in [2.75, 3.05) is 0 Å². The molecular weight excluding hydrogens is 812 g/mol. The van der Waals surface area contributed by atoms with Gasteiger partial charge in [-0.1, -0.05) is 141 Å². The van der Waals surface area contributed by atoms with Crippen LogP contribution in [-0.4, -0.2) is 9.13 Å². The summed E-state index contributed by atoms with van der Waals surface area (Å²) in [5, 5.41) is 13.2. The molecule has 0 N–H and O–H groups in total. The van der Waals surface area contributed by atoms with Crippen molar-refractivity contribution in [1.82, 2.24) is 9.13 Å². The molecule has 11 rings (SSSR count). The van der Waals surface area contributed by atoms with Gasteiger partial charge >= 0.3 is 0 Å². The minimum Gasteiger partial charge on any atom is -0.341 e. The maximum absolute atomic E-state index is 3.66. The molecule has 0 bridgehead atoms.